The Morgan fingerprint density at radius 1 is 1.30 bits per heavy atom. The number of hydrogen-bond acceptors (Lipinski definition) is 2. The second-order valence-corrected chi connectivity index (χ2v) is 5.41. The van der Waals surface area contributed by atoms with Crippen molar-refractivity contribution < 1.29 is 9.47 Å². The fourth-order valence-electron chi connectivity index (χ4n) is 2.47. The van der Waals surface area contributed by atoms with E-state index in [1.807, 2.05) is 24.3 Å². The third-order valence-electron chi connectivity index (χ3n) is 3.50. The monoisotopic (exact) mass is 292 g/mol. The average Bonchev–Trinajstić information content (AvgIpc) is 2.48. The number of methoxy groups -OCH3 is 1. The highest BCUT2D eigenvalue weighted by Crippen LogP contribution is 2.25. The summed E-state index contributed by atoms with van der Waals surface area (Å²) < 4.78 is 11.5. The van der Waals surface area contributed by atoms with Gasteiger partial charge in [-0.3, -0.25) is 0 Å². The maximum atomic E-state index is 6.06. The summed E-state index contributed by atoms with van der Waals surface area (Å²) in [5.74, 6) is 7.61. The summed E-state index contributed by atoms with van der Waals surface area (Å²) in [6.45, 7) is 0. The van der Waals surface area contributed by atoms with E-state index in [0.29, 0.717) is 18.4 Å². The highest BCUT2D eigenvalue weighted by Gasteiger charge is 2.22. The number of halogens is 1. The predicted molar refractivity (Wildman–Crippen MR) is 82.3 cm³/mol. The van der Waals surface area contributed by atoms with Crippen molar-refractivity contribution >= 4 is 11.6 Å². The van der Waals surface area contributed by atoms with Gasteiger partial charge < -0.3 is 9.47 Å². The molecule has 1 fully saturated rings. The van der Waals surface area contributed by atoms with Crippen LogP contribution >= 0.6 is 11.6 Å². The Morgan fingerprint density at radius 2 is 2.15 bits per heavy atom. The Morgan fingerprint density at radius 3 is 2.95 bits per heavy atom. The van der Waals surface area contributed by atoms with Crippen LogP contribution in [0.25, 0.3) is 0 Å². The molecule has 0 N–H and O–H groups in total. The largest absolute Gasteiger partial charge is 0.490 e. The molecule has 0 bridgehead atoms. The summed E-state index contributed by atoms with van der Waals surface area (Å²) >= 11 is 5.62. The first-order chi connectivity index (χ1) is 9.81. The van der Waals surface area contributed by atoms with E-state index in [9.17, 15) is 0 Å². The van der Waals surface area contributed by atoms with Crippen molar-refractivity contribution in [1.82, 2.24) is 0 Å². The summed E-state index contributed by atoms with van der Waals surface area (Å²) in [5.41, 5.74) is 0.978. The Balaban J connectivity index is 1.96. The highest BCUT2D eigenvalue weighted by molar-refractivity contribution is 6.18. The van der Waals surface area contributed by atoms with Gasteiger partial charge in [0.05, 0.1) is 6.10 Å². The van der Waals surface area contributed by atoms with Crippen LogP contribution in [0.4, 0.5) is 0 Å². The van der Waals surface area contributed by atoms with E-state index >= 15 is 0 Å². The van der Waals surface area contributed by atoms with E-state index < -0.39 is 0 Å². The van der Waals surface area contributed by atoms with E-state index in [2.05, 4.69) is 11.8 Å². The zero-order valence-electron chi connectivity index (χ0n) is 11.9. The Labute approximate surface area is 126 Å². The van der Waals surface area contributed by atoms with Crippen molar-refractivity contribution in [3.8, 4) is 17.6 Å². The van der Waals surface area contributed by atoms with Crippen molar-refractivity contribution in [2.75, 3.05) is 13.0 Å². The van der Waals surface area contributed by atoms with Gasteiger partial charge in [-0.15, -0.1) is 11.6 Å². The maximum Gasteiger partial charge on any atom is 0.120 e. The van der Waals surface area contributed by atoms with E-state index in [1.165, 1.54) is 6.42 Å². The Hall–Kier alpha value is -1.17. The van der Waals surface area contributed by atoms with Crippen molar-refractivity contribution in [2.45, 2.75) is 44.3 Å². The van der Waals surface area contributed by atoms with Gasteiger partial charge >= 0.3 is 0 Å². The Kier molecular flexibility index (Phi) is 6.24. The molecule has 2 unspecified atom stereocenters. The van der Waals surface area contributed by atoms with Gasteiger partial charge in [0.15, 0.2) is 0 Å². The minimum Gasteiger partial charge on any atom is -0.490 e. The number of rotatable bonds is 4. The second-order valence-electron chi connectivity index (χ2n) is 5.03. The molecule has 1 aromatic rings. The minimum atomic E-state index is 0.250. The number of ether oxygens (including phenoxy) is 2. The quantitative estimate of drug-likeness (QED) is 0.617. The van der Waals surface area contributed by atoms with Crippen LogP contribution in [0, 0.1) is 11.8 Å². The van der Waals surface area contributed by atoms with Gasteiger partial charge in [-0.05, 0) is 37.5 Å². The minimum absolute atomic E-state index is 0.250. The van der Waals surface area contributed by atoms with Gasteiger partial charge in [0.2, 0.25) is 0 Å². The molecule has 2 nitrogen and oxygen atoms in total. The molecule has 20 heavy (non-hydrogen) atoms. The molecule has 1 aromatic carbocycles. The molecule has 1 aliphatic carbocycles. The first kappa shape index (κ1) is 15.2. The van der Waals surface area contributed by atoms with Gasteiger partial charge in [-0.2, -0.15) is 0 Å². The van der Waals surface area contributed by atoms with Crippen molar-refractivity contribution in [3.63, 3.8) is 0 Å². The zero-order valence-corrected chi connectivity index (χ0v) is 12.7. The predicted octanol–water partition coefficient (Wildman–Crippen LogP) is 4.00. The van der Waals surface area contributed by atoms with E-state index in [4.69, 9.17) is 21.1 Å². The van der Waals surface area contributed by atoms with Gasteiger partial charge in [0, 0.05) is 31.4 Å². The van der Waals surface area contributed by atoms with Gasteiger partial charge in [0.1, 0.15) is 11.9 Å². The summed E-state index contributed by atoms with van der Waals surface area (Å²) in [6, 6.07) is 7.96. The van der Waals surface area contributed by atoms with Gasteiger partial charge in [-0.1, -0.05) is 17.9 Å². The van der Waals surface area contributed by atoms with Gasteiger partial charge in [-0.25, -0.2) is 0 Å². The lowest BCUT2D eigenvalue weighted by Crippen LogP contribution is -2.29. The molecule has 3 heteroatoms. The molecule has 1 aliphatic rings. The van der Waals surface area contributed by atoms with Crippen molar-refractivity contribution in [3.05, 3.63) is 29.8 Å². The molecule has 108 valence electrons. The smallest absolute Gasteiger partial charge is 0.120 e. The van der Waals surface area contributed by atoms with Crippen molar-refractivity contribution in [2.24, 2.45) is 0 Å². The number of benzene rings is 1. The molecule has 1 saturated carbocycles. The normalized spacial score (nSPS) is 21.9. The molecular formula is C17H21ClO2. The summed E-state index contributed by atoms with van der Waals surface area (Å²) in [5, 5.41) is 0. The summed E-state index contributed by atoms with van der Waals surface area (Å²) in [4.78, 5) is 0. The van der Waals surface area contributed by atoms with E-state index in [0.717, 1.165) is 30.6 Å². The number of alkyl halides is 1. The van der Waals surface area contributed by atoms with E-state index in [-0.39, 0.29) is 6.10 Å². The molecular weight excluding hydrogens is 272 g/mol. The molecule has 0 aromatic heterocycles. The lowest BCUT2D eigenvalue weighted by Gasteiger charge is -2.28. The first-order valence-electron chi connectivity index (χ1n) is 7.16. The third kappa shape index (κ3) is 4.74. The summed E-state index contributed by atoms with van der Waals surface area (Å²) in [7, 11) is 1.78. The summed E-state index contributed by atoms with van der Waals surface area (Å²) in [6.07, 6.45) is 5.67. The third-order valence-corrected chi connectivity index (χ3v) is 3.69. The molecule has 0 saturated heterocycles. The van der Waals surface area contributed by atoms with Crippen LogP contribution in [0.1, 0.15) is 37.7 Å². The molecule has 0 amide bonds. The van der Waals surface area contributed by atoms with E-state index in [1.54, 1.807) is 7.11 Å². The van der Waals surface area contributed by atoms with Crippen LogP contribution in [-0.2, 0) is 4.74 Å². The second kappa shape index (κ2) is 8.19. The molecule has 0 heterocycles. The molecule has 2 atom stereocenters. The van der Waals surface area contributed by atoms with Crippen LogP contribution in [0.5, 0.6) is 5.75 Å². The standard InChI is InChI=1S/C17H21ClO2/c1-19-15-8-5-10-17(13-15)20-16-9-4-7-14(12-16)6-2-3-11-18/h4,7,9,12,15,17H,3,5,8,10-11,13H2,1H3. The van der Waals surface area contributed by atoms with Gasteiger partial charge in [0.25, 0.3) is 0 Å². The SMILES string of the molecule is COC1CCCC(Oc2cccc(C#CCCCl)c2)C1. The van der Waals surface area contributed by atoms with Crippen LogP contribution in [0.3, 0.4) is 0 Å². The molecule has 0 radical (unpaired) electrons. The topological polar surface area (TPSA) is 18.5 Å². The fourth-order valence-corrected chi connectivity index (χ4v) is 2.57. The average molecular weight is 293 g/mol. The van der Waals surface area contributed by atoms with Crippen LogP contribution in [-0.4, -0.2) is 25.2 Å². The molecule has 0 aliphatic heterocycles. The first-order valence-corrected chi connectivity index (χ1v) is 7.69. The Bertz CT molecular complexity index is 475. The lowest BCUT2D eigenvalue weighted by molar-refractivity contribution is 0.0209. The maximum absolute atomic E-state index is 6.06. The van der Waals surface area contributed by atoms with Crippen molar-refractivity contribution in [1.29, 1.82) is 0 Å². The number of hydrogen-bond donors (Lipinski definition) is 0. The van der Waals surface area contributed by atoms with Crippen LogP contribution in [0.15, 0.2) is 24.3 Å². The van der Waals surface area contributed by atoms with Crippen LogP contribution < -0.4 is 4.74 Å². The lowest BCUT2D eigenvalue weighted by atomic mass is 9.95. The molecule has 2 rings (SSSR count). The van der Waals surface area contributed by atoms with Crippen LogP contribution in [0.2, 0.25) is 0 Å². The molecule has 0 spiro atoms. The zero-order chi connectivity index (χ0) is 14.2. The highest BCUT2D eigenvalue weighted by atomic mass is 35.5. The fraction of sp³-hybridized carbons (Fsp3) is 0.529.